The average molecular weight is 282 g/mol. The molecule has 3 heteroatoms. The molecule has 0 aromatic heterocycles. The second kappa shape index (κ2) is 7.60. The monoisotopic (exact) mass is 282 g/mol. The Hall–Kier alpha value is -2.13. The van der Waals surface area contributed by atoms with E-state index in [4.69, 9.17) is 0 Å². The number of hydrogen-bond donors (Lipinski definition) is 2. The minimum absolute atomic E-state index is 0.00749. The molecule has 0 fully saturated rings. The maximum absolute atomic E-state index is 12.1. The van der Waals surface area contributed by atoms with Gasteiger partial charge in [-0.05, 0) is 44.5 Å². The number of benzene rings is 2. The van der Waals surface area contributed by atoms with Crippen molar-refractivity contribution in [2.24, 2.45) is 0 Å². The summed E-state index contributed by atoms with van der Waals surface area (Å²) in [7, 11) is 0. The van der Waals surface area contributed by atoms with Gasteiger partial charge in [-0.3, -0.25) is 4.79 Å². The molecule has 110 valence electrons. The summed E-state index contributed by atoms with van der Waals surface area (Å²) in [5, 5.41) is 6.17. The molecular weight excluding hydrogens is 260 g/mol. The Balaban J connectivity index is 1.76. The summed E-state index contributed by atoms with van der Waals surface area (Å²) >= 11 is 0. The van der Waals surface area contributed by atoms with Crippen LogP contribution >= 0.6 is 0 Å². The second-order valence-corrected chi connectivity index (χ2v) is 5.27. The standard InChI is InChI=1S/C18H22N2O/c1-14-8-10-17(11-9-14)20-18(21)15(2)19-13-12-16-6-4-3-5-7-16/h3-11,15,19H,12-13H2,1-2H3,(H,20,21). The van der Waals surface area contributed by atoms with Crippen LogP contribution in [0.3, 0.4) is 0 Å². The minimum atomic E-state index is -0.213. The first-order valence-electron chi connectivity index (χ1n) is 7.30. The predicted molar refractivity (Wildman–Crippen MR) is 87.4 cm³/mol. The van der Waals surface area contributed by atoms with Crippen molar-refractivity contribution in [1.82, 2.24) is 5.32 Å². The zero-order valence-corrected chi connectivity index (χ0v) is 12.6. The molecule has 0 spiro atoms. The van der Waals surface area contributed by atoms with E-state index in [0.29, 0.717) is 0 Å². The summed E-state index contributed by atoms with van der Waals surface area (Å²) in [6, 6.07) is 17.9. The lowest BCUT2D eigenvalue weighted by Crippen LogP contribution is -2.39. The second-order valence-electron chi connectivity index (χ2n) is 5.27. The highest BCUT2D eigenvalue weighted by Gasteiger charge is 2.11. The SMILES string of the molecule is Cc1ccc(NC(=O)C(C)NCCc2ccccc2)cc1. The van der Waals surface area contributed by atoms with Gasteiger partial charge in [0.1, 0.15) is 0 Å². The number of hydrogen-bond acceptors (Lipinski definition) is 2. The van der Waals surface area contributed by atoms with E-state index in [1.54, 1.807) is 0 Å². The summed E-state index contributed by atoms with van der Waals surface area (Å²) in [5.74, 6) is -0.00749. The fourth-order valence-electron chi connectivity index (χ4n) is 2.06. The Labute approximate surface area is 126 Å². The number of aryl methyl sites for hydroxylation is 1. The lowest BCUT2D eigenvalue weighted by atomic mass is 10.1. The third kappa shape index (κ3) is 5.04. The zero-order valence-electron chi connectivity index (χ0n) is 12.6. The van der Waals surface area contributed by atoms with Gasteiger partial charge in [-0.15, -0.1) is 0 Å². The van der Waals surface area contributed by atoms with Gasteiger partial charge in [0.15, 0.2) is 0 Å². The Morgan fingerprint density at radius 2 is 1.71 bits per heavy atom. The topological polar surface area (TPSA) is 41.1 Å². The number of amides is 1. The number of anilines is 1. The molecule has 0 saturated carbocycles. The molecule has 0 aliphatic rings. The third-order valence-electron chi connectivity index (χ3n) is 3.42. The van der Waals surface area contributed by atoms with E-state index >= 15 is 0 Å². The highest BCUT2D eigenvalue weighted by Crippen LogP contribution is 2.08. The number of carbonyl (C=O) groups excluding carboxylic acids is 1. The summed E-state index contributed by atoms with van der Waals surface area (Å²) in [5.41, 5.74) is 3.29. The first kappa shape index (κ1) is 15.3. The highest BCUT2D eigenvalue weighted by molar-refractivity contribution is 5.94. The molecule has 0 saturated heterocycles. The zero-order chi connectivity index (χ0) is 15.1. The van der Waals surface area contributed by atoms with Crippen molar-refractivity contribution in [3.63, 3.8) is 0 Å². The number of carbonyl (C=O) groups is 1. The maximum atomic E-state index is 12.1. The lowest BCUT2D eigenvalue weighted by molar-refractivity contribution is -0.117. The predicted octanol–water partition coefficient (Wildman–Crippen LogP) is 3.15. The van der Waals surface area contributed by atoms with Crippen molar-refractivity contribution >= 4 is 11.6 Å². The molecule has 0 radical (unpaired) electrons. The van der Waals surface area contributed by atoms with Crippen molar-refractivity contribution in [3.05, 3.63) is 65.7 Å². The van der Waals surface area contributed by atoms with Crippen molar-refractivity contribution in [2.75, 3.05) is 11.9 Å². The van der Waals surface area contributed by atoms with Gasteiger partial charge >= 0.3 is 0 Å². The fourth-order valence-corrected chi connectivity index (χ4v) is 2.06. The van der Waals surface area contributed by atoms with Gasteiger partial charge in [-0.2, -0.15) is 0 Å². The fraction of sp³-hybridized carbons (Fsp3) is 0.278. The van der Waals surface area contributed by atoms with Gasteiger partial charge in [0.2, 0.25) is 5.91 Å². The molecule has 2 aromatic carbocycles. The van der Waals surface area contributed by atoms with Crippen LogP contribution in [0.1, 0.15) is 18.1 Å². The first-order chi connectivity index (χ1) is 10.1. The largest absolute Gasteiger partial charge is 0.325 e. The quantitative estimate of drug-likeness (QED) is 0.854. The van der Waals surface area contributed by atoms with Crippen LogP contribution in [0, 0.1) is 6.92 Å². The van der Waals surface area contributed by atoms with E-state index in [1.807, 2.05) is 56.3 Å². The lowest BCUT2D eigenvalue weighted by Gasteiger charge is -2.14. The van der Waals surface area contributed by atoms with E-state index in [9.17, 15) is 4.79 Å². The molecule has 2 aromatic rings. The molecule has 0 aliphatic carbocycles. The van der Waals surface area contributed by atoms with Crippen LogP contribution in [0.2, 0.25) is 0 Å². The van der Waals surface area contributed by atoms with Crippen LogP contribution in [0.25, 0.3) is 0 Å². The van der Waals surface area contributed by atoms with Gasteiger partial charge in [0.25, 0.3) is 0 Å². The Morgan fingerprint density at radius 3 is 2.38 bits per heavy atom. The Bertz CT molecular complexity index is 564. The maximum Gasteiger partial charge on any atom is 0.241 e. The summed E-state index contributed by atoms with van der Waals surface area (Å²) in [4.78, 5) is 12.1. The molecule has 2 N–H and O–H groups in total. The van der Waals surface area contributed by atoms with Gasteiger partial charge in [0.05, 0.1) is 6.04 Å². The molecule has 21 heavy (non-hydrogen) atoms. The van der Waals surface area contributed by atoms with E-state index in [2.05, 4.69) is 22.8 Å². The summed E-state index contributed by atoms with van der Waals surface area (Å²) < 4.78 is 0. The van der Waals surface area contributed by atoms with Crippen LogP contribution in [-0.2, 0) is 11.2 Å². The molecule has 1 atom stereocenters. The molecule has 1 amide bonds. The van der Waals surface area contributed by atoms with E-state index < -0.39 is 0 Å². The first-order valence-corrected chi connectivity index (χ1v) is 7.30. The smallest absolute Gasteiger partial charge is 0.241 e. The van der Waals surface area contributed by atoms with Gasteiger partial charge < -0.3 is 10.6 Å². The molecule has 1 unspecified atom stereocenters. The van der Waals surface area contributed by atoms with Crippen LogP contribution in [0.5, 0.6) is 0 Å². The van der Waals surface area contributed by atoms with Gasteiger partial charge in [-0.1, -0.05) is 48.0 Å². The van der Waals surface area contributed by atoms with Crippen LogP contribution in [0.15, 0.2) is 54.6 Å². The van der Waals surface area contributed by atoms with Crippen LogP contribution in [0.4, 0.5) is 5.69 Å². The van der Waals surface area contributed by atoms with E-state index in [0.717, 1.165) is 18.7 Å². The molecule has 0 bridgehead atoms. The third-order valence-corrected chi connectivity index (χ3v) is 3.42. The molecular formula is C18H22N2O. The summed E-state index contributed by atoms with van der Waals surface area (Å²) in [6.07, 6.45) is 0.920. The van der Waals surface area contributed by atoms with Crippen LogP contribution in [-0.4, -0.2) is 18.5 Å². The van der Waals surface area contributed by atoms with Crippen molar-refractivity contribution < 1.29 is 4.79 Å². The summed E-state index contributed by atoms with van der Waals surface area (Å²) in [6.45, 7) is 4.69. The normalized spacial score (nSPS) is 11.9. The van der Waals surface area contributed by atoms with Crippen molar-refractivity contribution in [2.45, 2.75) is 26.3 Å². The average Bonchev–Trinajstić information content (AvgIpc) is 2.50. The van der Waals surface area contributed by atoms with Gasteiger partial charge in [-0.25, -0.2) is 0 Å². The highest BCUT2D eigenvalue weighted by atomic mass is 16.2. The minimum Gasteiger partial charge on any atom is -0.325 e. The Kier molecular flexibility index (Phi) is 5.52. The van der Waals surface area contributed by atoms with E-state index in [-0.39, 0.29) is 11.9 Å². The molecule has 2 rings (SSSR count). The van der Waals surface area contributed by atoms with Crippen LogP contribution < -0.4 is 10.6 Å². The molecule has 0 aliphatic heterocycles. The van der Waals surface area contributed by atoms with E-state index in [1.165, 1.54) is 11.1 Å². The van der Waals surface area contributed by atoms with Crippen molar-refractivity contribution in [3.8, 4) is 0 Å². The Morgan fingerprint density at radius 1 is 1.05 bits per heavy atom. The number of nitrogens with one attached hydrogen (secondary N) is 2. The van der Waals surface area contributed by atoms with Crippen molar-refractivity contribution in [1.29, 1.82) is 0 Å². The molecule has 3 nitrogen and oxygen atoms in total. The van der Waals surface area contributed by atoms with Gasteiger partial charge in [0, 0.05) is 5.69 Å². The molecule has 0 heterocycles. The number of rotatable bonds is 6.